The van der Waals surface area contributed by atoms with Crippen LogP contribution in [0, 0.1) is 29.6 Å². The summed E-state index contributed by atoms with van der Waals surface area (Å²) in [6.07, 6.45) is 4.00. The van der Waals surface area contributed by atoms with Gasteiger partial charge in [0, 0.05) is 113 Å². The molecule has 8 atom stereocenters. The van der Waals surface area contributed by atoms with Crippen LogP contribution >= 0.6 is 35.7 Å². The number of piperidine rings is 1. The maximum absolute atomic E-state index is 14.8. The number of piperazine rings is 1. The molecule has 1 unspecified atom stereocenters. The number of likely N-dealkylation sites (N-methyl/N-ethyl adjacent to an activating group) is 2. The van der Waals surface area contributed by atoms with E-state index < -0.39 is 53.8 Å². The van der Waals surface area contributed by atoms with Crippen molar-refractivity contribution in [2.24, 2.45) is 29.6 Å². The number of nitrogens with zero attached hydrogens (tertiary/aromatic N) is 6. The van der Waals surface area contributed by atoms with Gasteiger partial charge < -0.3 is 29.7 Å². The molecule has 0 aliphatic carbocycles. The number of carbonyl (C=O) groups is 8. The van der Waals surface area contributed by atoms with Crippen LogP contribution in [0.15, 0.2) is 70.9 Å². The lowest BCUT2D eigenvalue weighted by atomic mass is 9.83. The van der Waals surface area contributed by atoms with Gasteiger partial charge in [-0.15, -0.1) is 23.1 Å². The van der Waals surface area contributed by atoms with E-state index in [1.807, 2.05) is 109 Å². The highest BCUT2D eigenvalue weighted by Gasteiger charge is 2.40. The van der Waals surface area contributed by atoms with Gasteiger partial charge in [-0.05, 0) is 74.1 Å². The van der Waals surface area contributed by atoms with Gasteiger partial charge in [-0.2, -0.15) is 12.6 Å². The lowest BCUT2D eigenvalue weighted by molar-refractivity contribution is -0.149. The first-order valence-corrected chi connectivity index (χ1v) is 30.8. The van der Waals surface area contributed by atoms with Gasteiger partial charge >= 0.3 is 5.97 Å². The Morgan fingerprint density at radius 3 is 2.08 bits per heavy atom. The molecule has 0 spiro atoms. The number of benzene rings is 2. The Morgan fingerprint density at radius 1 is 0.835 bits per heavy atom. The maximum Gasteiger partial charge on any atom is 0.303 e. The number of hydrogen-bond donors (Lipinski definition) is 2. The summed E-state index contributed by atoms with van der Waals surface area (Å²) >= 11 is 6.79. The zero-order valence-electron chi connectivity index (χ0n) is 48.3. The molecule has 2 saturated heterocycles. The lowest BCUT2D eigenvalue weighted by Crippen LogP contribution is -2.57. The number of likely N-dealkylation sites (tertiary alicyclic amines) is 1. The first-order valence-electron chi connectivity index (χ1n) is 28.3. The van der Waals surface area contributed by atoms with Crippen LogP contribution in [0.25, 0.3) is 0 Å². The molecule has 2 fully saturated rings. The molecule has 2 aliphatic heterocycles. The quantitative estimate of drug-likeness (QED) is 0.0385. The third kappa shape index (κ3) is 18.7. The standard InChI is InChI=1S/C60H87N7O9S3/c1-11-41(6)46(35-52(69)49-25-18-19-27-63(49)8)58(73)64(9)50(40(4)5)36-54(76-42(7)68)57-62-48(37-79-57)59(74)65(10)51(38-78-44-23-16-13-17-24-44)53(70)34-45(39(2)3)56(72)61-47(33-43-21-14-12-15-22-43)60(75)67-30-28-66(29-31-67)55(71)26-20-32-77/h12-17,21-24,37,39-41,45-47,49-51,54,77H,11,18-20,25-36,38H2,1-10H3,(H,61,72)/t41-,45-,46?,47-,49+,50+,51-,54+/m0/s1. The van der Waals surface area contributed by atoms with Crippen molar-refractivity contribution in [3.63, 3.8) is 0 Å². The van der Waals surface area contributed by atoms with Crippen molar-refractivity contribution in [1.82, 2.24) is 34.8 Å². The van der Waals surface area contributed by atoms with E-state index in [9.17, 15) is 38.4 Å². The number of thioether (sulfide) groups is 1. The van der Waals surface area contributed by atoms with E-state index in [-0.39, 0.29) is 90.2 Å². The van der Waals surface area contributed by atoms with Crippen molar-refractivity contribution in [2.75, 3.05) is 65.4 Å². The molecule has 1 N–H and O–H groups in total. The van der Waals surface area contributed by atoms with Crippen molar-refractivity contribution < 1.29 is 43.1 Å². The Balaban J connectivity index is 1.36. The topological polar surface area (TPSA) is 187 Å². The van der Waals surface area contributed by atoms with Gasteiger partial charge in [-0.1, -0.05) is 103 Å². The average molecular weight is 1150 g/mol. The summed E-state index contributed by atoms with van der Waals surface area (Å²) in [4.78, 5) is 127. The number of nitrogens with one attached hydrogen (secondary N) is 1. The predicted octanol–water partition coefficient (Wildman–Crippen LogP) is 8.30. The van der Waals surface area contributed by atoms with Crippen LogP contribution in [0.4, 0.5) is 0 Å². The Morgan fingerprint density at radius 2 is 1.48 bits per heavy atom. The summed E-state index contributed by atoms with van der Waals surface area (Å²) in [5, 5.41) is 4.97. The number of ketones is 2. The number of hydrogen-bond acceptors (Lipinski definition) is 14. The van der Waals surface area contributed by atoms with Gasteiger partial charge in [0.05, 0.1) is 12.1 Å². The molecule has 16 nitrogen and oxygen atoms in total. The Labute approximate surface area is 483 Å². The summed E-state index contributed by atoms with van der Waals surface area (Å²) in [5.41, 5.74) is 0.889. The largest absolute Gasteiger partial charge is 0.455 e. The second-order valence-electron chi connectivity index (χ2n) is 22.2. The maximum atomic E-state index is 14.8. The van der Waals surface area contributed by atoms with E-state index >= 15 is 0 Å². The SMILES string of the molecule is CC[C@H](C)C(CC(=O)[C@H]1CCCCN1C)C(=O)N(C)[C@H](C[C@@H](OC(C)=O)c1nc(C(=O)N(C)[C@@H](CSc2ccccc2)C(=O)C[C@H](C(=O)N[C@@H](Cc2ccccc2)C(=O)N2CCN(C(=O)CCCS)CC2)C(C)C)cs1)C(C)C. The molecule has 19 heteroatoms. The molecule has 0 radical (unpaired) electrons. The highest BCUT2D eigenvalue weighted by Crippen LogP contribution is 2.34. The van der Waals surface area contributed by atoms with Crippen LogP contribution in [0.3, 0.4) is 0 Å². The number of Topliss-reactive ketones (excluding diaryl/α,β-unsaturated/α-hetero) is 2. The molecule has 1 aromatic heterocycles. The van der Waals surface area contributed by atoms with Gasteiger partial charge in [0.1, 0.15) is 16.7 Å². The van der Waals surface area contributed by atoms with Crippen molar-refractivity contribution in [2.45, 2.75) is 148 Å². The van der Waals surface area contributed by atoms with E-state index in [0.717, 1.165) is 54.0 Å². The summed E-state index contributed by atoms with van der Waals surface area (Å²) in [6.45, 7) is 15.3. The molecule has 5 rings (SSSR count). The number of thiol groups is 1. The fourth-order valence-electron chi connectivity index (χ4n) is 10.6. The fraction of sp³-hybridized carbons (Fsp3) is 0.617. The molecule has 2 aromatic carbocycles. The average Bonchev–Trinajstić information content (AvgIpc) is 3.95. The third-order valence-corrected chi connectivity index (χ3v) is 18.2. The second-order valence-corrected chi connectivity index (χ2v) is 24.6. The number of carbonyl (C=O) groups excluding carboxylic acids is 8. The molecular formula is C60H87N7O9S3. The van der Waals surface area contributed by atoms with Gasteiger partial charge in [-0.25, -0.2) is 4.98 Å². The third-order valence-electron chi connectivity index (χ3n) is 15.9. The van der Waals surface area contributed by atoms with Crippen LogP contribution in [0.1, 0.15) is 133 Å². The van der Waals surface area contributed by atoms with E-state index in [1.54, 1.807) is 34.2 Å². The molecule has 2 aliphatic rings. The monoisotopic (exact) mass is 1150 g/mol. The number of aromatic nitrogens is 1. The first kappa shape index (κ1) is 64.7. The molecular weight excluding hydrogens is 1060 g/mol. The minimum atomic E-state index is -1.01. The van der Waals surface area contributed by atoms with Crippen molar-refractivity contribution in [1.29, 1.82) is 0 Å². The van der Waals surface area contributed by atoms with Crippen LogP contribution in [-0.4, -0.2) is 166 Å². The molecule has 5 amide bonds. The predicted molar refractivity (Wildman–Crippen MR) is 315 cm³/mol. The minimum absolute atomic E-state index is 0.0289. The number of thiazole rings is 1. The van der Waals surface area contributed by atoms with Gasteiger partial charge in [-0.3, -0.25) is 43.3 Å². The van der Waals surface area contributed by atoms with Crippen LogP contribution < -0.4 is 5.32 Å². The fourth-order valence-corrected chi connectivity index (χ4v) is 12.7. The van der Waals surface area contributed by atoms with E-state index in [4.69, 9.17) is 9.72 Å². The summed E-state index contributed by atoms with van der Waals surface area (Å²) in [6, 6.07) is 16.3. The first-order chi connectivity index (χ1) is 37.6. The molecule has 0 bridgehead atoms. The molecule has 434 valence electrons. The summed E-state index contributed by atoms with van der Waals surface area (Å²) in [5.74, 6) is -3.29. The van der Waals surface area contributed by atoms with Gasteiger partial charge in [0.25, 0.3) is 5.91 Å². The zero-order valence-corrected chi connectivity index (χ0v) is 50.8. The molecule has 0 saturated carbocycles. The Bertz CT molecular complexity index is 2490. The summed E-state index contributed by atoms with van der Waals surface area (Å²) in [7, 11) is 5.27. The van der Waals surface area contributed by atoms with Crippen LogP contribution in [-0.2, 0) is 44.7 Å². The molecule has 3 aromatic rings. The summed E-state index contributed by atoms with van der Waals surface area (Å²) < 4.78 is 5.93. The van der Waals surface area contributed by atoms with E-state index in [2.05, 4.69) is 22.8 Å². The van der Waals surface area contributed by atoms with E-state index in [0.29, 0.717) is 49.8 Å². The number of ether oxygens (including phenoxy) is 1. The van der Waals surface area contributed by atoms with Crippen molar-refractivity contribution in [3.05, 3.63) is 82.3 Å². The van der Waals surface area contributed by atoms with Crippen LogP contribution in [0.2, 0.25) is 0 Å². The Hall–Kier alpha value is -5.11. The van der Waals surface area contributed by atoms with E-state index in [1.165, 1.54) is 23.6 Å². The van der Waals surface area contributed by atoms with Crippen molar-refractivity contribution >= 4 is 82.8 Å². The highest BCUT2D eigenvalue weighted by atomic mass is 32.2. The molecule has 3 heterocycles. The minimum Gasteiger partial charge on any atom is -0.455 e. The number of esters is 1. The second kappa shape index (κ2) is 31.8. The van der Waals surface area contributed by atoms with Crippen molar-refractivity contribution in [3.8, 4) is 0 Å². The highest BCUT2D eigenvalue weighted by molar-refractivity contribution is 7.99. The van der Waals surface area contributed by atoms with Crippen LogP contribution in [0.5, 0.6) is 0 Å². The molecule has 79 heavy (non-hydrogen) atoms. The lowest BCUT2D eigenvalue weighted by Gasteiger charge is -2.37. The van der Waals surface area contributed by atoms with Gasteiger partial charge in [0.2, 0.25) is 23.6 Å². The Kier molecular flexibility index (Phi) is 26.0. The zero-order chi connectivity index (χ0) is 57.9. The number of rotatable bonds is 29. The number of amides is 5. The van der Waals surface area contributed by atoms with Gasteiger partial charge in [0.15, 0.2) is 17.7 Å². The smallest absolute Gasteiger partial charge is 0.303 e. The normalized spacial score (nSPS) is 17.7.